The summed E-state index contributed by atoms with van der Waals surface area (Å²) in [6.07, 6.45) is 5.52. The van der Waals surface area contributed by atoms with Crippen molar-refractivity contribution < 1.29 is 0 Å². The fraction of sp³-hybridized carbons (Fsp3) is 0.333. The first-order valence-electron chi connectivity index (χ1n) is 4.06. The zero-order chi connectivity index (χ0) is 8.55. The number of aromatic amines is 1. The SMILES string of the molecule is CC(C)c1cncc2cn[nH]c12. The van der Waals surface area contributed by atoms with E-state index in [9.17, 15) is 0 Å². The van der Waals surface area contributed by atoms with Gasteiger partial charge in [-0.05, 0) is 11.5 Å². The average Bonchev–Trinajstić information content (AvgIpc) is 2.49. The molecule has 0 aliphatic rings. The molecule has 0 bridgehead atoms. The Morgan fingerprint density at radius 2 is 2.08 bits per heavy atom. The summed E-state index contributed by atoms with van der Waals surface area (Å²) in [5.74, 6) is 0.488. The van der Waals surface area contributed by atoms with Crippen LogP contribution in [-0.4, -0.2) is 15.2 Å². The Labute approximate surface area is 70.8 Å². The van der Waals surface area contributed by atoms with Crippen molar-refractivity contribution in [1.29, 1.82) is 0 Å². The van der Waals surface area contributed by atoms with Gasteiger partial charge in [0.2, 0.25) is 0 Å². The van der Waals surface area contributed by atoms with Gasteiger partial charge in [-0.3, -0.25) is 10.1 Å². The zero-order valence-electron chi connectivity index (χ0n) is 7.20. The molecule has 0 radical (unpaired) electrons. The Morgan fingerprint density at radius 1 is 1.25 bits per heavy atom. The highest BCUT2D eigenvalue weighted by atomic mass is 15.1. The lowest BCUT2D eigenvalue weighted by Gasteiger charge is -2.04. The van der Waals surface area contributed by atoms with Crippen LogP contribution in [0.25, 0.3) is 10.9 Å². The zero-order valence-corrected chi connectivity index (χ0v) is 7.20. The number of hydrogen-bond donors (Lipinski definition) is 1. The molecule has 0 atom stereocenters. The Balaban J connectivity index is 2.73. The molecule has 3 nitrogen and oxygen atoms in total. The van der Waals surface area contributed by atoms with Crippen LogP contribution < -0.4 is 0 Å². The predicted molar refractivity (Wildman–Crippen MR) is 48.0 cm³/mol. The van der Waals surface area contributed by atoms with E-state index in [-0.39, 0.29) is 0 Å². The molecule has 0 saturated heterocycles. The minimum atomic E-state index is 0.488. The third-order valence-electron chi connectivity index (χ3n) is 2.01. The van der Waals surface area contributed by atoms with Gasteiger partial charge in [-0.2, -0.15) is 5.10 Å². The van der Waals surface area contributed by atoms with E-state index >= 15 is 0 Å². The van der Waals surface area contributed by atoms with E-state index in [4.69, 9.17) is 0 Å². The number of hydrogen-bond acceptors (Lipinski definition) is 2. The minimum Gasteiger partial charge on any atom is -0.277 e. The van der Waals surface area contributed by atoms with E-state index in [1.54, 1.807) is 6.20 Å². The van der Waals surface area contributed by atoms with Crippen molar-refractivity contribution in [2.45, 2.75) is 19.8 Å². The van der Waals surface area contributed by atoms with Crippen LogP contribution in [0.3, 0.4) is 0 Å². The maximum atomic E-state index is 4.15. The fourth-order valence-electron chi connectivity index (χ4n) is 1.32. The molecular weight excluding hydrogens is 150 g/mol. The lowest BCUT2D eigenvalue weighted by atomic mass is 10.0. The first-order valence-corrected chi connectivity index (χ1v) is 4.06. The molecule has 3 heteroatoms. The van der Waals surface area contributed by atoms with Gasteiger partial charge in [0.1, 0.15) is 0 Å². The van der Waals surface area contributed by atoms with Gasteiger partial charge in [0.25, 0.3) is 0 Å². The molecule has 2 aromatic heterocycles. The summed E-state index contributed by atoms with van der Waals surface area (Å²) in [7, 11) is 0. The number of aromatic nitrogens is 3. The van der Waals surface area contributed by atoms with Crippen molar-refractivity contribution in [1.82, 2.24) is 15.2 Å². The van der Waals surface area contributed by atoms with Gasteiger partial charge in [-0.1, -0.05) is 13.8 Å². The van der Waals surface area contributed by atoms with E-state index in [2.05, 4.69) is 29.0 Å². The van der Waals surface area contributed by atoms with Gasteiger partial charge < -0.3 is 0 Å². The number of nitrogens with zero attached hydrogens (tertiary/aromatic N) is 2. The van der Waals surface area contributed by atoms with Crippen molar-refractivity contribution in [3.05, 3.63) is 24.2 Å². The first kappa shape index (κ1) is 7.28. The normalized spacial score (nSPS) is 11.2. The molecule has 0 unspecified atom stereocenters. The molecule has 0 aliphatic heterocycles. The lowest BCUT2D eigenvalue weighted by molar-refractivity contribution is 0.864. The molecule has 2 aromatic rings. The summed E-state index contributed by atoms with van der Waals surface area (Å²) in [5.41, 5.74) is 2.34. The smallest absolute Gasteiger partial charge is 0.0715 e. The summed E-state index contributed by atoms with van der Waals surface area (Å²) in [4.78, 5) is 4.15. The highest BCUT2D eigenvalue weighted by Crippen LogP contribution is 2.21. The number of fused-ring (bicyclic) bond motifs is 1. The Kier molecular flexibility index (Phi) is 1.57. The Hall–Kier alpha value is -1.38. The second kappa shape index (κ2) is 2.59. The largest absolute Gasteiger partial charge is 0.277 e. The second-order valence-corrected chi connectivity index (χ2v) is 3.22. The fourth-order valence-corrected chi connectivity index (χ4v) is 1.32. The summed E-state index contributed by atoms with van der Waals surface area (Å²) in [5, 5.41) is 8.04. The van der Waals surface area contributed by atoms with Crippen molar-refractivity contribution in [3.8, 4) is 0 Å². The standard InChI is InChI=1S/C9H11N3/c1-6(2)8-5-10-3-7-4-11-12-9(7)8/h3-6H,1-2H3,(H,11,12). The molecule has 0 aliphatic carbocycles. The third-order valence-corrected chi connectivity index (χ3v) is 2.01. The second-order valence-electron chi connectivity index (χ2n) is 3.22. The molecule has 12 heavy (non-hydrogen) atoms. The van der Waals surface area contributed by atoms with Crippen LogP contribution in [0.1, 0.15) is 25.3 Å². The summed E-state index contributed by atoms with van der Waals surface area (Å²) >= 11 is 0. The predicted octanol–water partition coefficient (Wildman–Crippen LogP) is 2.08. The summed E-state index contributed by atoms with van der Waals surface area (Å²) in [6.45, 7) is 4.30. The van der Waals surface area contributed by atoms with E-state index in [1.165, 1.54) is 5.56 Å². The van der Waals surface area contributed by atoms with Crippen molar-refractivity contribution in [2.24, 2.45) is 0 Å². The molecule has 1 N–H and O–H groups in total. The monoisotopic (exact) mass is 161 g/mol. The van der Waals surface area contributed by atoms with E-state index in [0.717, 1.165) is 10.9 Å². The highest BCUT2D eigenvalue weighted by molar-refractivity contribution is 5.80. The topological polar surface area (TPSA) is 41.6 Å². The number of rotatable bonds is 1. The maximum absolute atomic E-state index is 4.15. The van der Waals surface area contributed by atoms with Crippen LogP contribution >= 0.6 is 0 Å². The van der Waals surface area contributed by atoms with E-state index in [0.29, 0.717) is 5.92 Å². The molecular formula is C9H11N3. The van der Waals surface area contributed by atoms with Crippen LogP contribution in [0.2, 0.25) is 0 Å². The molecule has 2 rings (SSSR count). The van der Waals surface area contributed by atoms with Crippen molar-refractivity contribution >= 4 is 10.9 Å². The van der Waals surface area contributed by atoms with Crippen LogP contribution in [0.5, 0.6) is 0 Å². The summed E-state index contributed by atoms with van der Waals surface area (Å²) in [6, 6.07) is 0. The van der Waals surface area contributed by atoms with Gasteiger partial charge in [0, 0.05) is 17.8 Å². The van der Waals surface area contributed by atoms with Crippen LogP contribution in [-0.2, 0) is 0 Å². The molecule has 0 aromatic carbocycles. The molecule has 0 spiro atoms. The molecule has 0 fully saturated rings. The Bertz CT molecular complexity index is 389. The average molecular weight is 161 g/mol. The molecule has 0 amide bonds. The van der Waals surface area contributed by atoms with E-state index < -0.39 is 0 Å². The van der Waals surface area contributed by atoms with Gasteiger partial charge in [-0.25, -0.2) is 0 Å². The quantitative estimate of drug-likeness (QED) is 0.695. The number of pyridine rings is 1. The summed E-state index contributed by atoms with van der Waals surface area (Å²) < 4.78 is 0. The van der Waals surface area contributed by atoms with Gasteiger partial charge in [-0.15, -0.1) is 0 Å². The minimum absolute atomic E-state index is 0.488. The van der Waals surface area contributed by atoms with Crippen LogP contribution in [0.15, 0.2) is 18.6 Å². The van der Waals surface area contributed by atoms with Crippen LogP contribution in [0, 0.1) is 0 Å². The van der Waals surface area contributed by atoms with Crippen molar-refractivity contribution in [2.75, 3.05) is 0 Å². The highest BCUT2D eigenvalue weighted by Gasteiger charge is 2.05. The van der Waals surface area contributed by atoms with E-state index in [1.807, 2.05) is 12.4 Å². The van der Waals surface area contributed by atoms with Gasteiger partial charge in [0.15, 0.2) is 0 Å². The van der Waals surface area contributed by atoms with Gasteiger partial charge >= 0.3 is 0 Å². The maximum Gasteiger partial charge on any atom is 0.0715 e. The molecule has 2 heterocycles. The van der Waals surface area contributed by atoms with Gasteiger partial charge in [0.05, 0.1) is 11.7 Å². The van der Waals surface area contributed by atoms with Crippen molar-refractivity contribution in [3.63, 3.8) is 0 Å². The Morgan fingerprint density at radius 3 is 2.83 bits per heavy atom. The lowest BCUT2D eigenvalue weighted by Crippen LogP contribution is -1.90. The number of H-pyrrole nitrogens is 1. The molecule has 0 saturated carbocycles. The number of nitrogens with one attached hydrogen (secondary N) is 1. The molecule has 62 valence electrons. The third kappa shape index (κ3) is 0.978. The first-order chi connectivity index (χ1) is 5.79. The van der Waals surface area contributed by atoms with Crippen LogP contribution in [0.4, 0.5) is 0 Å².